The van der Waals surface area contributed by atoms with Gasteiger partial charge < -0.3 is 14.7 Å². The number of ether oxygens (including phenoxy) is 1. The summed E-state index contributed by atoms with van der Waals surface area (Å²) in [6.45, 7) is 0.679. The van der Waals surface area contributed by atoms with Crippen molar-refractivity contribution in [2.45, 2.75) is 17.4 Å². The predicted octanol–water partition coefficient (Wildman–Crippen LogP) is 4.40. The van der Waals surface area contributed by atoms with E-state index in [-0.39, 0.29) is 4.90 Å². The lowest BCUT2D eigenvalue weighted by Gasteiger charge is -2.14. The highest BCUT2D eigenvalue weighted by Crippen LogP contribution is 2.35. The average molecular weight is 546 g/mol. The Balaban J connectivity index is 2.17. The van der Waals surface area contributed by atoms with E-state index in [4.69, 9.17) is 4.74 Å². The highest BCUT2D eigenvalue weighted by molar-refractivity contribution is 9.10. The quantitative estimate of drug-likeness (QED) is 0.476. The Morgan fingerprint density at radius 1 is 1.17 bits per heavy atom. The van der Waals surface area contributed by atoms with Gasteiger partial charge in [-0.3, -0.25) is 0 Å². The molecule has 1 N–H and O–H groups in total. The van der Waals surface area contributed by atoms with Crippen molar-refractivity contribution in [3.63, 3.8) is 0 Å². The first-order chi connectivity index (χ1) is 13.6. The fourth-order valence-electron chi connectivity index (χ4n) is 3.12. The molecule has 1 heterocycles. The van der Waals surface area contributed by atoms with Crippen molar-refractivity contribution in [1.29, 1.82) is 0 Å². The maximum Gasteiger partial charge on any atom is 0.269 e. The summed E-state index contributed by atoms with van der Waals surface area (Å²) in [5.41, 5.74) is 1.09. The zero-order valence-corrected chi connectivity index (χ0v) is 20.3. The summed E-state index contributed by atoms with van der Waals surface area (Å²) in [5.74, 6) is 0.553. The summed E-state index contributed by atoms with van der Waals surface area (Å²) >= 11 is 6.78. The van der Waals surface area contributed by atoms with E-state index in [0.717, 1.165) is 4.47 Å². The van der Waals surface area contributed by atoms with Gasteiger partial charge in [-0.1, -0.05) is 15.9 Å². The summed E-state index contributed by atoms with van der Waals surface area (Å²) < 4.78 is 34.5. The van der Waals surface area contributed by atoms with E-state index in [1.54, 1.807) is 24.3 Å². The second kappa shape index (κ2) is 8.77. The second-order valence-electron chi connectivity index (χ2n) is 6.95. The number of methoxy groups -OCH3 is 1. The Bertz CT molecular complexity index is 1140. The van der Waals surface area contributed by atoms with Crippen molar-refractivity contribution < 1.29 is 18.3 Å². The van der Waals surface area contributed by atoms with Crippen LogP contribution in [0.3, 0.4) is 0 Å². The minimum atomic E-state index is -3.90. The number of aliphatic hydroxyl groups excluding tert-OH is 1. The highest BCUT2D eigenvalue weighted by atomic mass is 79.9. The van der Waals surface area contributed by atoms with Gasteiger partial charge in [0.05, 0.1) is 18.7 Å². The first kappa shape index (κ1) is 22.3. The zero-order valence-electron chi connectivity index (χ0n) is 16.3. The summed E-state index contributed by atoms with van der Waals surface area (Å²) in [4.78, 5) is 2.09. The Morgan fingerprint density at radius 2 is 1.90 bits per heavy atom. The molecular formula is C20H22Br2N2O4S. The van der Waals surface area contributed by atoms with Crippen LogP contribution in [0.25, 0.3) is 10.9 Å². The third-order valence-corrected chi connectivity index (χ3v) is 7.79. The van der Waals surface area contributed by atoms with Gasteiger partial charge in [0.15, 0.2) is 0 Å². The molecule has 0 aliphatic rings. The Morgan fingerprint density at radius 3 is 2.52 bits per heavy atom. The third-order valence-electron chi connectivity index (χ3n) is 4.65. The largest absolute Gasteiger partial charge is 0.497 e. The number of rotatable bonds is 7. The SMILES string of the molecule is COc1ccc(S(=O)(=O)n2cc(C(O)CCN(C)C)c3cc(Br)ccc32)c(Br)c1. The number of hydrogen-bond acceptors (Lipinski definition) is 5. The molecule has 3 aromatic rings. The van der Waals surface area contributed by atoms with Crippen molar-refractivity contribution in [3.05, 3.63) is 57.1 Å². The Hall–Kier alpha value is -1.39. The van der Waals surface area contributed by atoms with Crippen LogP contribution in [0.2, 0.25) is 0 Å². The van der Waals surface area contributed by atoms with Crippen LogP contribution in [0.4, 0.5) is 0 Å². The highest BCUT2D eigenvalue weighted by Gasteiger charge is 2.26. The molecule has 156 valence electrons. The summed E-state index contributed by atoms with van der Waals surface area (Å²) in [5, 5.41) is 11.4. The number of benzene rings is 2. The van der Waals surface area contributed by atoms with E-state index in [1.807, 2.05) is 25.1 Å². The van der Waals surface area contributed by atoms with Crippen LogP contribution in [0, 0.1) is 0 Å². The van der Waals surface area contributed by atoms with Gasteiger partial charge in [0.2, 0.25) is 0 Å². The molecule has 0 aliphatic heterocycles. The molecule has 2 aromatic carbocycles. The topological polar surface area (TPSA) is 71.8 Å². The molecule has 29 heavy (non-hydrogen) atoms. The molecule has 9 heteroatoms. The number of aromatic nitrogens is 1. The third kappa shape index (κ3) is 4.54. The Labute approximate surface area is 187 Å². The molecule has 6 nitrogen and oxygen atoms in total. The number of hydrogen-bond donors (Lipinski definition) is 1. The molecule has 0 fully saturated rings. The van der Waals surface area contributed by atoms with Gasteiger partial charge in [-0.2, -0.15) is 0 Å². The fraction of sp³-hybridized carbons (Fsp3) is 0.300. The van der Waals surface area contributed by atoms with Gasteiger partial charge in [-0.25, -0.2) is 12.4 Å². The number of nitrogens with zero attached hydrogens (tertiary/aromatic N) is 2. The van der Waals surface area contributed by atoms with E-state index >= 15 is 0 Å². The van der Waals surface area contributed by atoms with E-state index in [2.05, 4.69) is 31.9 Å². The molecule has 0 aliphatic carbocycles. The van der Waals surface area contributed by atoms with Crippen LogP contribution in [0.1, 0.15) is 18.1 Å². The van der Waals surface area contributed by atoms with Gasteiger partial charge in [0.25, 0.3) is 10.0 Å². The molecule has 3 rings (SSSR count). The molecule has 1 aromatic heterocycles. The monoisotopic (exact) mass is 544 g/mol. The molecular weight excluding hydrogens is 524 g/mol. The van der Waals surface area contributed by atoms with Crippen LogP contribution in [0.5, 0.6) is 5.75 Å². The summed E-state index contributed by atoms with van der Waals surface area (Å²) in [6.07, 6.45) is 1.22. The molecule has 0 bridgehead atoms. The smallest absolute Gasteiger partial charge is 0.269 e. The van der Waals surface area contributed by atoms with Gasteiger partial charge in [0, 0.05) is 32.6 Å². The van der Waals surface area contributed by atoms with Gasteiger partial charge in [-0.15, -0.1) is 0 Å². The first-order valence-electron chi connectivity index (χ1n) is 8.87. The van der Waals surface area contributed by atoms with Gasteiger partial charge >= 0.3 is 0 Å². The molecule has 1 unspecified atom stereocenters. The van der Waals surface area contributed by atoms with Crippen molar-refractivity contribution in [2.75, 3.05) is 27.7 Å². The van der Waals surface area contributed by atoms with E-state index in [9.17, 15) is 13.5 Å². The Kier molecular flexibility index (Phi) is 6.74. The van der Waals surface area contributed by atoms with Crippen LogP contribution in [0.15, 0.2) is 56.4 Å². The molecule has 0 saturated carbocycles. The second-order valence-corrected chi connectivity index (χ2v) is 10.5. The van der Waals surface area contributed by atoms with E-state index in [0.29, 0.717) is 39.7 Å². The molecule has 0 saturated heterocycles. The normalized spacial score (nSPS) is 13.2. The number of aliphatic hydroxyl groups is 1. The van der Waals surface area contributed by atoms with Crippen molar-refractivity contribution in [2.24, 2.45) is 0 Å². The van der Waals surface area contributed by atoms with Crippen molar-refractivity contribution in [1.82, 2.24) is 8.87 Å². The minimum absolute atomic E-state index is 0.118. The van der Waals surface area contributed by atoms with Gasteiger partial charge in [0.1, 0.15) is 10.6 Å². The van der Waals surface area contributed by atoms with Gasteiger partial charge in [-0.05, 0) is 72.8 Å². The lowest BCUT2D eigenvalue weighted by molar-refractivity contribution is 0.155. The summed E-state index contributed by atoms with van der Waals surface area (Å²) in [7, 11) is 1.48. The van der Waals surface area contributed by atoms with Crippen LogP contribution in [-0.2, 0) is 10.0 Å². The lowest BCUT2D eigenvalue weighted by Crippen LogP contribution is -2.16. The molecule has 0 amide bonds. The predicted molar refractivity (Wildman–Crippen MR) is 121 cm³/mol. The minimum Gasteiger partial charge on any atom is -0.497 e. The van der Waals surface area contributed by atoms with Crippen LogP contribution in [-0.4, -0.2) is 50.1 Å². The maximum atomic E-state index is 13.4. The lowest BCUT2D eigenvalue weighted by atomic mass is 10.1. The van der Waals surface area contributed by atoms with E-state index < -0.39 is 16.1 Å². The maximum absolute atomic E-state index is 13.4. The molecule has 0 spiro atoms. The molecule has 1 atom stereocenters. The first-order valence-corrected chi connectivity index (χ1v) is 11.9. The van der Waals surface area contributed by atoms with Crippen molar-refractivity contribution >= 4 is 52.8 Å². The molecule has 0 radical (unpaired) electrons. The standard InChI is InChI=1S/C20H22Br2N2O4S/c1-23(2)9-8-19(25)16-12-24(18-6-4-13(21)10-15(16)18)29(26,27)20-7-5-14(28-3)11-17(20)22/h4-7,10-12,19,25H,8-9H2,1-3H3. The van der Waals surface area contributed by atoms with Crippen molar-refractivity contribution in [3.8, 4) is 5.75 Å². The number of fused-ring (bicyclic) bond motifs is 1. The fourth-order valence-corrected chi connectivity index (χ4v) is 5.88. The summed E-state index contributed by atoms with van der Waals surface area (Å²) in [6, 6.07) is 10.1. The van der Waals surface area contributed by atoms with Crippen LogP contribution < -0.4 is 4.74 Å². The van der Waals surface area contributed by atoms with E-state index in [1.165, 1.54) is 23.3 Å². The zero-order chi connectivity index (χ0) is 21.3. The average Bonchev–Trinajstić information content (AvgIpc) is 3.05. The number of halogens is 2. The van der Waals surface area contributed by atoms with Crippen LogP contribution >= 0.6 is 31.9 Å².